The summed E-state index contributed by atoms with van der Waals surface area (Å²) in [4.78, 5) is 3.65. The smallest absolute Gasteiger partial charge is 0.134 e. The van der Waals surface area contributed by atoms with Crippen molar-refractivity contribution in [2.24, 2.45) is 0 Å². The lowest BCUT2D eigenvalue weighted by Gasteiger charge is -2.28. The van der Waals surface area contributed by atoms with Crippen LogP contribution < -0.4 is 4.74 Å². The van der Waals surface area contributed by atoms with Gasteiger partial charge in [-0.2, -0.15) is 5.26 Å². The van der Waals surface area contributed by atoms with Crippen LogP contribution >= 0.6 is 22.9 Å². The molecule has 0 saturated carbocycles. The summed E-state index contributed by atoms with van der Waals surface area (Å²) in [6.07, 6.45) is 4.82. The Morgan fingerprint density at radius 2 is 2.04 bits per heavy atom. The summed E-state index contributed by atoms with van der Waals surface area (Å²) in [6.45, 7) is 3.39. The van der Waals surface area contributed by atoms with Crippen LogP contribution in [-0.4, -0.2) is 24.5 Å². The first-order valence-corrected chi connectivity index (χ1v) is 9.58. The van der Waals surface area contributed by atoms with Gasteiger partial charge in [0.15, 0.2) is 0 Å². The van der Waals surface area contributed by atoms with Gasteiger partial charge in [0.05, 0.1) is 16.0 Å². The van der Waals surface area contributed by atoms with Gasteiger partial charge in [-0.1, -0.05) is 24.1 Å². The van der Waals surface area contributed by atoms with E-state index in [-0.39, 0.29) is 6.10 Å². The van der Waals surface area contributed by atoms with Crippen molar-refractivity contribution in [1.29, 1.82) is 5.26 Å². The van der Waals surface area contributed by atoms with Crippen LogP contribution in [0.15, 0.2) is 36.4 Å². The standard InChI is InChI=1S/C19H21ClN2OS/c20-19-8-7-18(24-19)17(9-12-22-10-2-1-3-11-22)23-16-6-4-5-15(13-16)14-21/h4-8,13,17H,1-3,9-12H2. The Labute approximate surface area is 152 Å². The fraction of sp³-hybridized carbons (Fsp3) is 0.421. The van der Waals surface area contributed by atoms with E-state index in [1.807, 2.05) is 24.3 Å². The molecule has 0 spiro atoms. The second-order valence-electron chi connectivity index (χ2n) is 6.08. The molecule has 3 nitrogen and oxygen atoms in total. The van der Waals surface area contributed by atoms with Crippen LogP contribution in [0.25, 0.3) is 0 Å². The third kappa shape index (κ3) is 4.73. The first-order valence-electron chi connectivity index (χ1n) is 8.39. The Kier molecular flexibility index (Phi) is 6.14. The largest absolute Gasteiger partial charge is 0.485 e. The molecule has 1 unspecified atom stereocenters. The molecular weight excluding hydrogens is 340 g/mol. The Hall–Kier alpha value is -1.54. The SMILES string of the molecule is N#Cc1cccc(OC(CCN2CCCCC2)c2ccc(Cl)s2)c1. The highest BCUT2D eigenvalue weighted by Crippen LogP contribution is 2.33. The molecule has 2 heterocycles. The highest BCUT2D eigenvalue weighted by molar-refractivity contribution is 7.16. The molecule has 0 radical (unpaired) electrons. The van der Waals surface area contributed by atoms with Gasteiger partial charge in [0.25, 0.3) is 0 Å². The van der Waals surface area contributed by atoms with E-state index in [1.54, 1.807) is 23.5 Å². The first kappa shape index (κ1) is 17.3. The molecule has 0 bridgehead atoms. The maximum atomic E-state index is 9.06. The van der Waals surface area contributed by atoms with Crippen molar-refractivity contribution in [3.05, 3.63) is 51.2 Å². The molecule has 2 aromatic rings. The van der Waals surface area contributed by atoms with Crippen molar-refractivity contribution >= 4 is 22.9 Å². The van der Waals surface area contributed by atoms with Crippen molar-refractivity contribution in [3.8, 4) is 11.8 Å². The van der Waals surface area contributed by atoms with Gasteiger partial charge in [0, 0.05) is 17.8 Å². The van der Waals surface area contributed by atoms with Gasteiger partial charge in [-0.25, -0.2) is 0 Å². The molecule has 1 fully saturated rings. The van der Waals surface area contributed by atoms with E-state index in [1.165, 1.54) is 32.4 Å². The molecule has 1 aromatic heterocycles. The summed E-state index contributed by atoms with van der Waals surface area (Å²) < 4.78 is 7.00. The van der Waals surface area contributed by atoms with E-state index in [9.17, 15) is 0 Å². The number of nitrogens with zero attached hydrogens (tertiary/aromatic N) is 2. The molecule has 126 valence electrons. The van der Waals surface area contributed by atoms with E-state index in [0.717, 1.165) is 27.9 Å². The summed E-state index contributed by atoms with van der Waals surface area (Å²) >= 11 is 7.68. The van der Waals surface area contributed by atoms with Gasteiger partial charge < -0.3 is 9.64 Å². The zero-order valence-electron chi connectivity index (χ0n) is 13.6. The summed E-state index contributed by atoms with van der Waals surface area (Å²) in [7, 11) is 0. The zero-order valence-corrected chi connectivity index (χ0v) is 15.2. The van der Waals surface area contributed by atoms with Crippen molar-refractivity contribution in [2.75, 3.05) is 19.6 Å². The van der Waals surface area contributed by atoms with Crippen LogP contribution in [0.1, 0.15) is 42.2 Å². The molecule has 1 atom stereocenters. The van der Waals surface area contributed by atoms with Crippen molar-refractivity contribution in [2.45, 2.75) is 31.8 Å². The maximum Gasteiger partial charge on any atom is 0.134 e. The average Bonchev–Trinajstić information content (AvgIpc) is 3.06. The predicted molar refractivity (Wildman–Crippen MR) is 98.8 cm³/mol. The summed E-state index contributed by atoms with van der Waals surface area (Å²) in [6, 6.07) is 13.5. The van der Waals surface area contributed by atoms with Gasteiger partial charge >= 0.3 is 0 Å². The van der Waals surface area contributed by atoms with Gasteiger partial charge in [0.2, 0.25) is 0 Å². The molecule has 5 heteroatoms. The van der Waals surface area contributed by atoms with Crippen molar-refractivity contribution < 1.29 is 4.74 Å². The van der Waals surface area contributed by atoms with Crippen LogP contribution in [0.3, 0.4) is 0 Å². The summed E-state index contributed by atoms with van der Waals surface area (Å²) in [5.41, 5.74) is 0.617. The van der Waals surface area contributed by atoms with Gasteiger partial charge in [0.1, 0.15) is 11.9 Å². The minimum atomic E-state index is -0.0293. The normalized spacial score (nSPS) is 16.5. The number of thiophene rings is 1. The Morgan fingerprint density at radius 3 is 2.75 bits per heavy atom. The van der Waals surface area contributed by atoms with Crippen molar-refractivity contribution in [3.63, 3.8) is 0 Å². The number of likely N-dealkylation sites (tertiary alicyclic amines) is 1. The second-order valence-corrected chi connectivity index (χ2v) is 7.83. The van der Waals surface area contributed by atoms with Gasteiger partial charge in [-0.05, 0) is 56.3 Å². The maximum absolute atomic E-state index is 9.06. The average molecular weight is 361 g/mol. The monoisotopic (exact) mass is 360 g/mol. The highest BCUT2D eigenvalue weighted by atomic mass is 35.5. The molecule has 24 heavy (non-hydrogen) atoms. The molecule has 1 saturated heterocycles. The van der Waals surface area contributed by atoms with Crippen LogP contribution in [-0.2, 0) is 0 Å². The third-order valence-corrected chi connectivity index (χ3v) is 5.63. The number of hydrogen-bond acceptors (Lipinski definition) is 4. The molecule has 0 amide bonds. The number of halogens is 1. The second kappa shape index (κ2) is 8.53. The molecule has 0 aliphatic carbocycles. The highest BCUT2D eigenvalue weighted by Gasteiger charge is 2.19. The fourth-order valence-electron chi connectivity index (χ4n) is 3.05. The number of piperidine rings is 1. The van der Waals surface area contributed by atoms with Crippen LogP contribution in [0.5, 0.6) is 5.75 Å². The minimum Gasteiger partial charge on any atom is -0.485 e. The summed E-state index contributed by atoms with van der Waals surface area (Å²) in [5, 5.41) is 9.06. The first-order chi connectivity index (χ1) is 11.7. The lowest BCUT2D eigenvalue weighted by molar-refractivity contribution is 0.155. The number of hydrogen-bond donors (Lipinski definition) is 0. The van der Waals surface area contributed by atoms with E-state index >= 15 is 0 Å². The number of rotatable bonds is 6. The van der Waals surface area contributed by atoms with Crippen LogP contribution in [0.4, 0.5) is 0 Å². The molecule has 3 rings (SSSR count). The third-order valence-electron chi connectivity index (χ3n) is 4.31. The van der Waals surface area contributed by atoms with E-state index < -0.39 is 0 Å². The molecule has 0 N–H and O–H groups in total. The number of benzene rings is 1. The molecule has 1 aromatic carbocycles. The predicted octanol–water partition coefficient (Wildman–Crippen LogP) is 5.27. The van der Waals surface area contributed by atoms with Crippen LogP contribution in [0.2, 0.25) is 4.34 Å². The Bertz CT molecular complexity index is 703. The quantitative estimate of drug-likeness (QED) is 0.704. The molecule has 1 aliphatic rings. The van der Waals surface area contributed by atoms with Crippen LogP contribution in [0, 0.1) is 11.3 Å². The minimum absolute atomic E-state index is 0.0293. The Balaban J connectivity index is 1.70. The number of ether oxygens (including phenoxy) is 1. The van der Waals surface area contributed by atoms with E-state index in [4.69, 9.17) is 21.6 Å². The number of nitriles is 1. The zero-order chi connectivity index (χ0) is 16.8. The molecule has 1 aliphatic heterocycles. The van der Waals surface area contributed by atoms with Gasteiger partial charge in [-0.3, -0.25) is 0 Å². The summed E-state index contributed by atoms with van der Waals surface area (Å²) in [5.74, 6) is 0.738. The van der Waals surface area contributed by atoms with Gasteiger partial charge in [-0.15, -0.1) is 11.3 Å². The Morgan fingerprint density at radius 1 is 1.21 bits per heavy atom. The fourth-order valence-corrected chi connectivity index (χ4v) is 4.17. The topological polar surface area (TPSA) is 36.3 Å². The molecular formula is C19H21ClN2OS. The lowest BCUT2D eigenvalue weighted by atomic mass is 10.1. The van der Waals surface area contributed by atoms with E-state index in [0.29, 0.717) is 5.56 Å². The lowest BCUT2D eigenvalue weighted by Crippen LogP contribution is -2.31. The van der Waals surface area contributed by atoms with Crippen molar-refractivity contribution in [1.82, 2.24) is 4.90 Å². The van der Waals surface area contributed by atoms with E-state index in [2.05, 4.69) is 11.0 Å².